The lowest BCUT2D eigenvalue weighted by Gasteiger charge is -2.45. The van der Waals surface area contributed by atoms with E-state index in [0.717, 1.165) is 10.5 Å². The molecule has 1 unspecified atom stereocenters. The minimum absolute atomic E-state index is 0.169. The summed E-state index contributed by atoms with van der Waals surface area (Å²) >= 11 is 0. The van der Waals surface area contributed by atoms with Crippen LogP contribution >= 0.6 is 7.60 Å². The van der Waals surface area contributed by atoms with Gasteiger partial charge < -0.3 is 14.2 Å². The minimum Gasteiger partial charge on any atom is -0.465 e. The number of para-hydroxylation sites is 1. The molecule has 1 aromatic carbocycles. The van der Waals surface area contributed by atoms with Gasteiger partial charge in [-0.3, -0.25) is 9.46 Å². The van der Waals surface area contributed by atoms with Gasteiger partial charge in [0, 0.05) is 0 Å². The first-order valence-electron chi connectivity index (χ1n) is 7.66. The van der Waals surface area contributed by atoms with E-state index < -0.39 is 19.0 Å². The predicted molar refractivity (Wildman–Crippen MR) is 89.9 cm³/mol. The quantitative estimate of drug-likeness (QED) is 0.768. The van der Waals surface area contributed by atoms with Gasteiger partial charge in [0.05, 0.1) is 18.9 Å². The molecule has 1 N–H and O–H groups in total. The summed E-state index contributed by atoms with van der Waals surface area (Å²) in [5.41, 5.74) is 1.22. The van der Waals surface area contributed by atoms with Crippen molar-refractivity contribution in [2.45, 2.75) is 32.5 Å². The fourth-order valence-corrected chi connectivity index (χ4v) is 5.18. The van der Waals surface area contributed by atoms with E-state index in [1.165, 1.54) is 0 Å². The Morgan fingerprint density at radius 1 is 1.22 bits per heavy atom. The summed E-state index contributed by atoms with van der Waals surface area (Å²) in [5.74, 6) is 0. The van der Waals surface area contributed by atoms with E-state index in [-0.39, 0.29) is 19.6 Å². The number of hydrogen-bond acceptors (Lipinski definition) is 4. The highest BCUT2D eigenvalue weighted by Gasteiger charge is 2.56. The molecule has 6 nitrogen and oxygen atoms in total. The van der Waals surface area contributed by atoms with Gasteiger partial charge in [-0.25, -0.2) is 4.79 Å². The molecule has 0 saturated carbocycles. The maximum atomic E-state index is 13.4. The molecule has 1 aliphatic rings. The maximum Gasteiger partial charge on any atom is 0.413 e. The zero-order chi connectivity index (χ0) is 17.1. The molecule has 0 aliphatic carbocycles. The van der Waals surface area contributed by atoms with Crippen molar-refractivity contribution in [3.05, 3.63) is 35.9 Å². The van der Waals surface area contributed by atoms with Crippen molar-refractivity contribution in [2.75, 3.05) is 18.1 Å². The fraction of sp³-hybridized carbons (Fsp3) is 0.438. The third-order valence-electron chi connectivity index (χ3n) is 3.88. The van der Waals surface area contributed by atoms with Gasteiger partial charge >= 0.3 is 13.7 Å². The Balaban J connectivity index is 2.69. The molecule has 126 valence electrons. The Kier molecular flexibility index (Phi) is 5.30. The van der Waals surface area contributed by atoms with Gasteiger partial charge in [0.15, 0.2) is 5.28 Å². The Morgan fingerprint density at radius 2 is 1.83 bits per heavy atom. The Hall–Kier alpha value is -1.62. The molecule has 1 atom stereocenters. The summed E-state index contributed by atoms with van der Waals surface area (Å²) in [5, 5.41) is 8.44. The third-order valence-corrected chi connectivity index (χ3v) is 6.69. The van der Waals surface area contributed by atoms with Crippen molar-refractivity contribution in [1.82, 2.24) is 0 Å². The van der Waals surface area contributed by atoms with Gasteiger partial charge in [-0.15, -0.1) is 0 Å². The lowest BCUT2D eigenvalue weighted by molar-refractivity contribution is 0.182. The summed E-state index contributed by atoms with van der Waals surface area (Å²) in [6.07, 6.45) is 2.49. The predicted octanol–water partition coefficient (Wildman–Crippen LogP) is 4.57. The van der Waals surface area contributed by atoms with E-state index in [4.69, 9.17) is 9.05 Å². The first kappa shape index (κ1) is 17.7. The summed E-state index contributed by atoms with van der Waals surface area (Å²) in [6, 6.07) is 7.08. The van der Waals surface area contributed by atoms with Crippen molar-refractivity contribution in [1.29, 1.82) is 0 Å². The van der Waals surface area contributed by atoms with Gasteiger partial charge in [0.25, 0.3) is 0 Å². The van der Waals surface area contributed by atoms with E-state index in [0.29, 0.717) is 5.69 Å². The van der Waals surface area contributed by atoms with E-state index >= 15 is 0 Å². The fourth-order valence-electron chi connectivity index (χ4n) is 2.89. The van der Waals surface area contributed by atoms with Gasteiger partial charge in [-0.05, 0) is 38.0 Å². The maximum absolute atomic E-state index is 13.4. The first-order chi connectivity index (χ1) is 11.0. The molecule has 7 heteroatoms. The topological polar surface area (TPSA) is 76.1 Å². The highest BCUT2D eigenvalue weighted by molar-refractivity contribution is 7.56. The average Bonchev–Trinajstić information content (AvgIpc) is 2.53. The molecule has 1 heterocycles. The number of anilines is 1. The van der Waals surface area contributed by atoms with Gasteiger partial charge in [-0.2, -0.15) is 0 Å². The van der Waals surface area contributed by atoms with Crippen LogP contribution in [-0.4, -0.2) is 29.7 Å². The number of rotatable bonds is 6. The lowest BCUT2D eigenvalue weighted by Crippen LogP contribution is -2.52. The Bertz CT molecular complexity index is 650. The van der Waals surface area contributed by atoms with Crippen LogP contribution in [0, 0.1) is 0 Å². The van der Waals surface area contributed by atoms with Crippen LogP contribution < -0.4 is 4.90 Å². The molecule has 0 fully saturated rings. The zero-order valence-electron chi connectivity index (χ0n) is 13.6. The largest absolute Gasteiger partial charge is 0.465 e. The third kappa shape index (κ3) is 2.82. The van der Waals surface area contributed by atoms with Crippen LogP contribution in [0.5, 0.6) is 0 Å². The number of carbonyl (C=O) groups is 1. The molecular formula is C16H22NO5P. The highest BCUT2D eigenvalue weighted by Crippen LogP contribution is 2.65. The molecule has 0 radical (unpaired) electrons. The van der Waals surface area contributed by atoms with Crippen molar-refractivity contribution in [2.24, 2.45) is 0 Å². The molecule has 2 rings (SSSR count). The molecule has 1 amide bonds. The smallest absolute Gasteiger partial charge is 0.413 e. The summed E-state index contributed by atoms with van der Waals surface area (Å²) in [4.78, 5) is 13.1. The summed E-state index contributed by atoms with van der Waals surface area (Å²) in [7, 11) is -3.73. The van der Waals surface area contributed by atoms with Crippen LogP contribution in [0.25, 0.3) is 6.08 Å². The van der Waals surface area contributed by atoms with Crippen LogP contribution in [0.2, 0.25) is 0 Å². The van der Waals surface area contributed by atoms with Crippen LogP contribution in [0.3, 0.4) is 0 Å². The van der Waals surface area contributed by atoms with Crippen LogP contribution in [0.15, 0.2) is 30.3 Å². The Labute approximate surface area is 136 Å². The molecule has 0 aromatic heterocycles. The molecule has 23 heavy (non-hydrogen) atoms. The molecule has 0 bridgehead atoms. The van der Waals surface area contributed by atoms with E-state index in [9.17, 15) is 14.5 Å². The number of benzene rings is 1. The van der Waals surface area contributed by atoms with E-state index in [2.05, 4.69) is 0 Å². The average molecular weight is 339 g/mol. The molecule has 1 aromatic rings. The standard InChI is InChI=1S/C16H22NO5P/c1-4-16(23(20,21-5-2)22-6-3)12-11-13-9-7-8-10-14(13)17(16)15(18)19/h7-12H,4-6H2,1-3H3,(H,18,19). The minimum atomic E-state index is -3.73. The SMILES string of the molecule is CCOP(=O)(OCC)C1(CC)C=Cc2ccccc2N1C(=O)O. The van der Waals surface area contributed by atoms with Crippen molar-refractivity contribution < 1.29 is 23.5 Å². The molecule has 0 spiro atoms. The first-order valence-corrected chi connectivity index (χ1v) is 9.20. The Morgan fingerprint density at radius 3 is 2.35 bits per heavy atom. The number of hydrogen-bond donors (Lipinski definition) is 1. The second kappa shape index (κ2) is 6.87. The van der Waals surface area contributed by atoms with E-state index in [1.807, 2.05) is 12.1 Å². The normalized spacial score (nSPS) is 20.4. The lowest BCUT2D eigenvalue weighted by atomic mass is 10.0. The highest BCUT2D eigenvalue weighted by atomic mass is 31.2. The van der Waals surface area contributed by atoms with Crippen molar-refractivity contribution in [3.8, 4) is 0 Å². The van der Waals surface area contributed by atoms with Crippen molar-refractivity contribution in [3.63, 3.8) is 0 Å². The molecular weight excluding hydrogens is 317 g/mol. The number of nitrogens with zero attached hydrogens (tertiary/aromatic N) is 1. The number of fused-ring (bicyclic) bond motifs is 1. The van der Waals surface area contributed by atoms with Crippen LogP contribution in [-0.2, 0) is 13.6 Å². The number of amides is 1. The molecule has 0 saturated heterocycles. The zero-order valence-corrected chi connectivity index (χ0v) is 14.5. The van der Waals surface area contributed by atoms with Crippen LogP contribution in [0.4, 0.5) is 10.5 Å². The van der Waals surface area contributed by atoms with Crippen molar-refractivity contribution >= 4 is 25.5 Å². The second-order valence-corrected chi connectivity index (χ2v) is 7.36. The number of carboxylic acid groups (broad SMARTS) is 1. The molecule has 1 aliphatic heterocycles. The second-order valence-electron chi connectivity index (χ2n) is 5.08. The van der Waals surface area contributed by atoms with Gasteiger partial charge in [-0.1, -0.05) is 31.2 Å². The van der Waals surface area contributed by atoms with Gasteiger partial charge in [0.2, 0.25) is 0 Å². The van der Waals surface area contributed by atoms with Gasteiger partial charge in [0.1, 0.15) is 0 Å². The van der Waals surface area contributed by atoms with E-state index in [1.54, 1.807) is 45.1 Å². The monoisotopic (exact) mass is 339 g/mol. The summed E-state index contributed by atoms with van der Waals surface area (Å²) in [6.45, 7) is 5.53. The summed E-state index contributed by atoms with van der Waals surface area (Å²) < 4.78 is 24.4. The van der Waals surface area contributed by atoms with Crippen LogP contribution in [0.1, 0.15) is 32.8 Å².